The first-order valence-corrected chi connectivity index (χ1v) is 9.39. The molecule has 0 bridgehead atoms. The quantitative estimate of drug-likeness (QED) is 0.545. The number of rotatable bonds is 3. The lowest BCUT2D eigenvalue weighted by atomic mass is 10.0. The number of fused-ring (bicyclic) bond motifs is 1. The van der Waals surface area contributed by atoms with Crippen LogP contribution >= 0.6 is 0 Å². The smallest absolute Gasteiger partial charge is 0.167 e. The molecule has 4 aromatic rings. The summed E-state index contributed by atoms with van der Waals surface area (Å²) >= 11 is 0. The first-order chi connectivity index (χ1) is 13.3. The fourth-order valence-corrected chi connectivity index (χ4v) is 4.03. The maximum Gasteiger partial charge on any atom is 0.167 e. The predicted molar refractivity (Wildman–Crippen MR) is 107 cm³/mol. The summed E-state index contributed by atoms with van der Waals surface area (Å²) in [6, 6.07) is 19.2. The Kier molecular flexibility index (Phi) is 3.85. The molecular weight excluding hydrogens is 334 g/mol. The number of hydrogen-bond acceptors (Lipinski definition) is 4. The van der Waals surface area contributed by atoms with Gasteiger partial charge in [-0.3, -0.25) is 4.98 Å². The van der Waals surface area contributed by atoms with Gasteiger partial charge in [0.15, 0.2) is 5.65 Å². The summed E-state index contributed by atoms with van der Waals surface area (Å²) in [5.74, 6) is 1.10. The fraction of sp³-hybridized carbons (Fsp3) is 0.227. The Balaban J connectivity index is 1.64. The lowest BCUT2D eigenvalue weighted by molar-refractivity contribution is 0.697. The van der Waals surface area contributed by atoms with Gasteiger partial charge in [-0.1, -0.05) is 36.4 Å². The average Bonchev–Trinajstić information content (AvgIpc) is 3.36. The second-order valence-corrected chi connectivity index (χ2v) is 7.03. The van der Waals surface area contributed by atoms with Crippen LogP contribution < -0.4 is 4.90 Å². The van der Waals surface area contributed by atoms with Gasteiger partial charge < -0.3 is 4.90 Å². The van der Waals surface area contributed by atoms with Crippen LogP contribution in [0, 0.1) is 6.92 Å². The minimum atomic E-state index is 0.374. The van der Waals surface area contributed by atoms with Crippen LogP contribution in [-0.2, 0) is 0 Å². The average molecular weight is 355 g/mol. The minimum absolute atomic E-state index is 0.374. The van der Waals surface area contributed by atoms with Gasteiger partial charge in [0.05, 0.1) is 23.5 Å². The Morgan fingerprint density at radius 2 is 1.89 bits per heavy atom. The third-order valence-electron chi connectivity index (χ3n) is 5.25. The van der Waals surface area contributed by atoms with Crippen LogP contribution in [0.2, 0.25) is 0 Å². The number of nitrogens with zero attached hydrogens (tertiary/aromatic N) is 5. The van der Waals surface area contributed by atoms with Gasteiger partial charge in [0.25, 0.3) is 0 Å². The minimum Gasteiger partial charge on any atom is -0.349 e. The van der Waals surface area contributed by atoms with E-state index in [0.29, 0.717) is 6.04 Å². The molecule has 5 nitrogen and oxygen atoms in total. The van der Waals surface area contributed by atoms with Crippen LogP contribution in [0.3, 0.4) is 0 Å². The van der Waals surface area contributed by atoms with Gasteiger partial charge in [0.1, 0.15) is 5.82 Å². The molecule has 0 amide bonds. The summed E-state index contributed by atoms with van der Waals surface area (Å²) in [5, 5.41) is 4.68. The van der Waals surface area contributed by atoms with Crippen molar-refractivity contribution in [3.8, 4) is 11.3 Å². The molecule has 1 aliphatic heterocycles. The zero-order chi connectivity index (χ0) is 18.2. The molecule has 0 spiro atoms. The van der Waals surface area contributed by atoms with E-state index < -0.39 is 0 Å². The largest absolute Gasteiger partial charge is 0.349 e. The van der Waals surface area contributed by atoms with Crippen LogP contribution in [0.15, 0.2) is 67.0 Å². The zero-order valence-electron chi connectivity index (χ0n) is 15.3. The second-order valence-electron chi connectivity index (χ2n) is 7.03. The Labute approximate surface area is 158 Å². The van der Waals surface area contributed by atoms with Crippen LogP contribution in [0.1, 0.15) is 30.1 Å². The molecule has 5 rings (SSSR count). The molecule has 1 fully saturated rings. The molecule has 1 saturated heterocycles. The van der Waals surface area contributed by atoms with Crippen LogP contribution in [0.5, 0.6) is 0 Å². The highest BCUT2D eigenvalue weighted by Gasteiger charge is 2.28. The highest BCUT2D eigenvalue weighted by atomic mass is 15.4. The van der Waals surface area contributed by atoms with Crippen molar-refractivity contribution in [2.75, 3.05) is 11.4 Å². The number of anilines is 1. The van der Waals surface area contributed by atoms with E-state index >= 15 is 0 Å². The van der Waals surface area contributed by atoms with Gasteiger partial charge >= 0.3 is 0 Å². The molecule has 0 N–H and O–H groups in total. The van der Waals surface area contributed by atoms with E-state index in [1.165, 1.54) is 12.0 Å². The van der Waals surface area contributed by atoms with Gasteiger partial charge in [-0.25, -0.2) is 4.98 Å². The van der Waals surface area contributed by atoms with Crippen molar-refractivity contribution in [3.05, 3.63) is 78.2 Å². The van der Waals surface area contributed by atoms with Gasteiger partial charge in [-0.2, -0.15) is 9.61 Å². The third kappa shape index (κ3) is 2.76. The number of hydrogen-bond donors (Lipinski definition) is 0. The number of pyridine rings is 1. The maximum atomic E-state index is 4.78. The Morgan fingerprint density at radius 1 is 1.04 bits per heavy atom. The number of benzene rings is 1. The lowest BCUT2D eigenvalue weighted by Gasteiger charge is -2.27. The molecule has 1 aromatic carbocycles. The van der Waals surface area contributed by atoms with Crippen molar-refractivity contribution in [1.29, 1.82) is 0 Å². The molecule has 134 valence electrons. The van der Waals surface area contributed by atoms with Crippen molar-refractivity contribution in [1.82, 2.24) is 19.6 Å². The third-order valence-corrected chi connectivity index (χ3v) is 5.25. The summed E-state index contributed by atoms with van der Waals surface area (Å²) < 4.78 is 1.97. The van der Waals surface area contributed by atoms with Crippen LogP contribution in [0.25, 0.3) is 16.9 Å². The molecule has 5 heteroatoms. The molecule has 0 saturated carbocycles. The standard InChI is InChI=1S/C22H21N5/c1-16-14-21(26-13-7-11-20(26)17-8-3-2-4-9-17)27-22(25-16)18(15-24-27)19-10-5-6-12-23-19/h2-6,8-10,12,14-15,20H,7,11,13H2,1H3. The summed E-state index contributed by atoms with van der Waals surface area (Å²) in [5.41, 5.74) is 5.08. The molecule has 1 unspecified atom stereocenters. The summed E-state index contributed by atoms with van der Waals surface area (Å²) in [6.07, 6.45) is 6.01. The van der Waals surface area contributed by atoms with E-state index in [1.54, 1.807) is 6.20 Å². The van der Waals surface area contributed by atoms with E-state index in [-0.39, 0.29) is 0 Å². The van der Waals surface area contributed by atoms with E-state index in [1.807, 2.05) is 35.8 Å². The summed E-state index contributed by atoms with van der Waals surface area (Å²) in [6.45, 7) is 3.07. The highest BCUT2D eigenvalue weighted by Crippen LogP contribution is 2.37. The SMILES string of the molecule is Cc1cc(N2CCCC2c2ccccc2)n2ncc(-c3ccccn3)c2n1. The number of aryl methyl sites for hydroxylation is 1. The van der Waals surface area contributed by atoms with Gasteiger partial charge in [-0.05, 0) is 37.5 Å². The Hall–Kier alpha value is -3.21. The topological polar surface area (TPSA) is 46.3 Å². The van der Waals surface area contributed by atoms with Crippen molar-refractivity contribution in [2.24, 2.45) is 0 Å². The summed E-state index contributed by atoms with van der Waals surface area (Å²) in [4.78, 5) is 11.7. The van der Waals surface area contributed by atoms with Crippen molar-refractivity contribution in [2.45, 2.75) is 25.8 Å². The molecule has 3 aromatic heterocycles. The molecule has 1 aliphatic rings. The van der Waals surface area contributed by atoms with Crippen molar-refractivity contribution >= 4 is 11.5 Å². The van der Waals surface area contributed by atoms with Crippen LogP contribution in [0.4, 0.5) is 5.82 Å². The molecule has 0 radical (unpaired) electrons. The van der Waals surface area contributed by atoms with Crippen LogP contribution in [-0.4, -0.2) is 26.1 Å². The lowest BCUT2D eigenvalue weighted by Crippen LogP contribution is -2.25. The van der Waals surface area contributed by atoms with E-state index in [2.05, 4.69) is 51.4 Å². The molecule has 4 heterocycles. The molecule has 27 heavy (non-hydrogen) atoms. The van der Waals surface area contributed by atoms with Gasteiger partial charge in [0, 0.05) is 24.5 Å². The van der Waals surface area contributed by atoms with E-state index in [0.717, 1.165) is 41.4 Å². The molecule has 0 aliphatic carbocycles. The molecular formula is C22H21N5. The molecule has 1 atom stereocenters. The fourth-order valence-electron chi connectivity index (χ4n) is 4.03. The monoisotopic (exact) mass is 355 g/mol. The van der Waals surface area contributed by atoms with Crippen molar-refractivity contribution < 1.29 is 0 Å². The number of aromatic nitrogens is 4. The first kappa shape index (κ1) is 16.0. The second kappa shape index (κ2) is 6.50. The summed E-state index contributed by atoms with van der Waals surface area (Å²) in [7, 11) is 0. The van der Waals surface area contributed by atoms with Crippen molar-refractivity contribution in [3.63, 3.8) is 0 Å². The normalized spacial score (nSPS) is 16.9. The highest BCUT2D eigenvalue weighted by molar-refractivity contribution is 5.76. The van der Waals surface area contributed by atoms with E-state index in [9.17, 15) is 0 Å². The van der Waals surface area contributed by atoms with E-state index in [4.69, 9.17) is 4.98 Å². The Morgan fingerprint density at radius 3 is 2.70 bits per heavy atom. The van der Waals surface area contributed by atoms with Gasteiger partial charge in [-0.15, -0.1) is 0 Å². The predicted octanol–water partition coefficient (Wildman–Crippen LogP) is 4.44. The Bertz CT molecular complexity index is 1070. The van der Waals surface area contributed by atoms with Gasteiger partial charge in [0.2, 0.25) is 0 Å². The zero-order valence-corrected chi connectivity index (χ0v) is 15.3. The maximum absolute atomic E-state index is 4.78. The first-order valence-electron chi connectivity index (χ1n) is 9.39.